The van der Waals surface area contributed by atoms with Gasteiger partial charge in [0.2, 0.25) is 0 Å². The van der Waals surface area contributed by atoms with Crippen LogP contribution >= 0.6 is 28.7 Å². The SMILES string of the molecule is Br.Cc1cc(C)nc(SCCCN)n1. The lowest BCUT2D eigenvalue weighted by molar-refractivity contribution is 0.891. The van der Waals surface area contributed by atoms with Gasteiger partial charge in [-0.25, -0.2) is 9.97 Å². The molecule has 0 atom stereocenters. The van der Waals surface area contributed by atoms with E-state index in [0.29, 0.717) is 0 Å². The number of nitrogens with zero attached hydrogens (tertiary/aromatic N) is 2. The third-order valence-electron chi connectivity index (χ3n) is 1.54. The summed E-state index contributed by atoms with van der Waals surface area (Å²) in [6, 6.07) is 1.98. The molecule has 0 bridgehead atoms. The Bertz CT molecular complexity index is 261. The zero-order valence-corrected chi connectivity index (χ0v) is 11.0. The van der Waals surface area contributed by atoms with E-state index in [4.69, 9.17) is 5.73 Å². The molecule has 1 aromatic heterocycles. The van der Waals surface area contributed by atoms with Gasteiger partial charge in [-0.2, -0.15) is 0 Å². The first-order chi connectivity index (χ1) is 6.22. The minimum absolute atomic E-state index is 0. The van der Waals surface area contributed by atoms with E-state index in [9.17, 15) is 0 Å². The summed E-state index contributed by atoms with van der Waals surface area (Å²) in [7, 11) is 0. The lowest BCUT2D eigenvalue weighted by Gasteiger charge is -2.01. The predicted molar refractivity (Wildman–Crippen MR) is 66.2 cm³/mol. The molecule has 0 spiro atoms. The van der Waals surface area contributed by atoms with Gasteiger partial charge in [0.1, 0.15) is 0 Å². The minimum Gasteiger partial charge on any atom is -0.330 e. The van der Waals surface area contributed by atoms with Gasteiger partial charge < -0.3 is 5.73 Å². The van der Waals surface area contributed by atoms with Crippen molar-refractivity contribution in [2.45, 2.75) is 25.4 Å². The summed E-state index contributed by atoms with van der Waals surface area (Å²) in [5, 5.41) is 0.867. The maximum atomic E-state index is 5.40. The minimum atomic E-state index is 0. The second-order valence-corrected chi connectivity index (χ2v) is 3.99. The van der Waals surface area contributed by atoms with Gasteiger partial charge in [-0.3, -0.25) is 0 Å². The van der Waals surface area contributed by atoms with Gasteiger partial charge >= 0.3 is 0 Å². The zero-order valence-electron chi connectivity index (χ0n) is 8.49. The summed E-state index contributed by atoms with van der Waals surface area (Å²) >= 11 is 1.67. The maximum Gasteiger partial charge on any atom is 0.187 e. The van der Waals surface area contributed by atoms with Crippen molar-refractivity contribution in [2.24, 2.45) is 5.73 Å². The second-order valence-electron chi connectivity index (χ2n) is 2.92. The van der Waals surface area contributed by atoms with Crippen LogP contribution in [0.1, 0.15) is 17.8 Å². The van der Waals surface area contributed by atoms with Gasteiger partial charge in [0, 0.05) is 17.1 Å². The van der Waals surface area contributed by atoms with Crippen molar-refractivity contribution in [2.75, 3.05) is 12.3 Å². The molecule has 2 N–H and O–H groups in total. The number of aromatic nitrogens is 2. The van der Waals surface area contributed by atoms with Gasteiger partial charge in [0.05, 0.1) is 0 Å². The van der Waals surface area contributed by atoms with Gasteiger partial charge in [0.15, 0.2) is 5.16 Å². The Labute approximate surface area is 99.7 Å². The number of aryl methyl sites for hydroxylation is 2. The molecule has 0 aromatic carbocycles. The monoisotopic (exact) mass is 277 g/mol. The van der Waals surface area contributed by atoms with Crippen molar-refractivity contribution in [3.05, 3.63) is 17.5 Å². The largest absolute Gasteiger partial charge is 0.330 e. The quantitative estimate of drug-likeness (QED) is 0.520. The van der Waals surface area contributed by atoms with Crippen LogP contribution in [0.3, 0.4) is 0 Å². The van der Waals surface area contributed by atoms with Crippen molar-refractivity contribution >= 4 is 28.7 Å². The van der Waals surface area contributed by atoms with Crippen molar-refractivity contribution in [3.8, 4) is 0 Å². The molecule has 0 radical (unpaired) electrons. The predicted octanol–water partition coefficient (Wildman–Crippen LogP) is 2.11. The number of hydrogen-bond acceptors (Lipinski definition) is 4. The molecule has 5 heteroatoms. The molecular formula is C9H16BrN3S. The van der Waals surface area contributed by atoms with Crippen LogP contribution in [0.15, 0.2) is 11.2 Å². The third kappa shape index (κ3) is 4.93. The number of hydrogen-bond donors (Lipinski definition) is 1. The van der Waals surface area contributed by atoms with Crippen LogP contribution < -0.4 is 5.73 Å². The molecule has 0 aliphatic carbocycles. The van der Waals surface area contributed by atoms with Crippen LogP contribution in [0, 0.1) is 13.8 Å². The number of thioether (sulfide) groups is 1. The summed E-state index contributed by atoms with van der Waals surface area (Å²) in [5.74, 6) is 0.999. The summed E-state index contributed by atoms with van der Waals surface area (Å²) < 4.78 is 0. The Morgan fingerprint density at radius 2 is 1.86 bits per heavy atom. The number of rotatable bonds is 4. The Kier molecular flexibility index (Phi) is 7.13. The molecular weight excluding hydrogens is 262 g/mol. The first kappa shape index (κ1) is 13.9. The molecule has 0 aliphatic rings. The summed E-state index contributed by atoms with van der Waals surface area (Å²) in [6.07, 6.45) is 1.01. The third-order valence-corrected chi connectivity index (χ3v) is 2.47. The molecule has 14 heavy (non-hydrogen) atoms. The van der Waals surface area contributed by atoms with E-state index in [-0.39, 0.29) is 17.0 Å². The fourth-order valence-electron chi connectivity index (χ4n) is 1.00. The lowest BCUT2D eigenvalue weighted by atomic mass is 10.4. The van der Waals surface area contributed by atoms with Crippen LogP contribution in [0.25, 0.3) is 0 Å². The first-order valence-electron chi connectivity index (χ1n) is 4.37. The Morgan fingerprint density at radius 3 is 2.36 bits per heavy atom. The van der Waals surface area contributed by atoms with Gasteiger partial charge in [-0.05, 0) is 32.9 Å². The van der Waals surface area contributed by atoms with Crippen LogP contribution in [-0.4, -0.2) is 22.3 Å². The van der Waals surface area contributed by atoms with Gasteiger partial charge in [0.25, 0.3) is 0 Å². The van der Waals surface area contributed by atoms with E-state index in [2.05, 4.69) is 9.97 Å². The van der Waals surface area contributed by atoms with E-state index >= 15 is 0 Å². The van der Waals surface area contributed by atoms with E-state index in [0.717, 1.165) is 35.3 Å². The van der Waals surface area contributed by atoms with Crippen LogP contribution in [-0.2, 0) is 0 Å². The zero-order chi connectivity index (χ0) is 9.68. The van der Waals surface area contributed by atoms with E-state index in [1.165, 1.54) is 0 Å². The highest BCUT2D eigenvalue weighted by atomic mass is 79.9. The van der Waals surface area contributed by atoms with E-state index in [1.807, 2.05) is 19.9 Å². The molecule has 0 aliphatic heterocycles. The average Bonchev–Trinajstić information content (AvgIpc) is 2.03. The standard InChI is InChI=1S/C9H15N3S.BrH/c1-7-6-8(2)12-9(11-7)13-5-3-4-10;/h6H,3-5,10H2,1-2H3;1H. The van der Waals surface area contributed by atoms with Crippen LogP contribution in [0.4, 0.5) is 0 Å². The second kappa shape index (κ2) is 7.20. The van der Waals surface area contributed by atoms with Crippen molar-refractivity contribution < 1.29 is 0 Å². The van der Waals surface area contributed by atoms with Crippen LogP contribution in [0.5, 0.6) is 0 Å². The fraction of sp³-hybridized carbons (Fsp3) is 0.556. The average molecular weight is 278 g/mol. The Morgan fingerprint density at radius 1 is 1.29 bits per heavy atom. The van der Waals surface area contributed by atoms with E-state index in [1.54, 1.807) is 11.8 Å². The molecule has 0 saturated carbocycles. The molecule has 0 saturated heterocycles. The van der Waals surface area contributed by atoms with Gasteiger partial charge in [-0.15, -0.1) is 17.0 Å². The molecule has 0 fully saturated rings. The topological polar surface area (TPSA) is 51.8 Å². The smallest absolute Gasteiger partial charge is 0.187 e. The highest BCUT2D eigenvalue weighted by Crippen LogP contribution is 2.14. The number of halogens is 1. The summed E-state index contributed by atoms with van der Waals surface area (Å²) in [4.78, 5) is 8.63. The maximum absolute atomic E-state index is 5.40. The highest BCUT2D eigenvalue weighted by Gasteiger charge is 1.99. The fourth-order valence-corrected chi connectivity index (χ4v) is 1.92. The molecule has 80 valence electrons. The first-order valence-corrected chi connectivity index (χ1v) is 5.36. The van der Waals surface area contributed by atoms with Crippen molar-refractivity contribution in [3.63, 3.8) is 0 Å². The molecule has 1 heterocycles. The summed E-state index contributed by atoms with van der Waals surface area (Å²) in [6.45, 7) is 4.71. The van der Waals surface area contributed by atoms with E-state index < -0.39 is 0 Å². The Hall–Kier alpha value is -0.130. The van der Waals surface area contributed by atoms with Crippen molar-refractivity contribution in [1.82, 2.24) is 9.97 Å². The molecule has 1 aromatic rings. The highest BCUT2D eigenvalue weighted by molar-refractivity contribution is 8.93. The summed E-state index contributed by atoms with van der Waals surface area (Å²) in [5.41, 5.74) is 7.46. The van der Waals surface area contributed by atoms with Gasteiger partial charge in [-0.1, -0.05) is 11.8 Å². The normalized spacial score (nSPS) is 9.64. The van der Waals surface area contributed by atoms with Crippen molar-refractivity contribution in [1.29, 1.82) is 0 Å². The lowest BCUT2D eigenvalue weighted by Crippen LogP contribution is -2.00. The van der Waals surface area contributed by atoms with Crippen LogP contribution in [0.2, 0.25) is 0 Å². The molecule has 0 unspecified atom stereocenters. The molecule has 1 rings (SSSR count). The number of nitrogens with two attached hydrogens (primary N) is 1. The Balaban J connectivity index is 0.00000169. The molecule has 0 amide bonds. The molecule has 3 nitrogen and oxygen atoms in total.